The second kappa shape index (κ2) is 2.31. The molecule has 0 saturated heterocycles. The molecule has 0 bridgehead atoms. The monoisotopic (exact) mass is 130 g/mol. The highest BCUT2D eigenvalue weighted by Gasteiger charge is 2.14. The van der Waals surface area contributed by atoms with Gasteiger partial charge >= 0.3 is 0 Å². The third-order valence-corrected chi connectivity index (χ3v) is 1.58. The number of allylic oxidation sites excluding steroid dienone is 2. The van der Waals surface area contributed by atoms with Crippen molar-refractivity contribution in [2.75, 3.05) is 0 Å². The van der Waals surface area contributed by atoms with Crippen LogP contribution in [0.3, 0.4) is 0 Å². The summed E-state index contributed by atoms with van der Waals surface area (Å²) in [6.07, 6.45) is 5.77. The van der Waals surface area contributed by atoms with Crippen molar-refractivity contribution in [2.24, 2.45) is 5.92 Å². The lowest BCUT2D eigenvalue weighted by molar-refractivity contribution is -0.113. The normalized spacial score (nSPS) is 26.4. The van der Waals surface area contributed by atoms with E-state index in [1.54, 1.807) is 0 Å². The van der Waals surface area contributed by atoms with Crippen LogP contribution in [0.5, 0.6) is 0 Å². The summed E-state index contributed by atoms with van der Waals surface area (Å²) in [5, 5.41) is -0.223. The molecular formula is C6H7ClO. The predicted molar refractivity (Wildman–Crippen MR) is 32.7 cm³/mol. The lowest BCUT2D eigenvalue weighted by Gasteiger charge is -1.94. The molecule has 8 heavy (non-hydrogen) atoms. The Hall–Kier alpha value is -0.300. The molecule has 0 unspecified atom stereocenters. The van der Waals surface area contributed by atoms with Crippen molar-refractivity contribution in [1.82, 2.24) is 0 Å². The third-order valence-electron chi connectivity index (χ3n) is 1.30. The van der Waals surface area contributed by atoms with Gasteiger partial charge in [-0.15, -0.1) is 0 Å². The van der Waals surface area contributed by atoms with Gasteiger partial charge in [0.1, 0.15) is 0 Å². The highest BCUT2D eigenvalue weighted by atomic mass is 35.5. The Morgan fingerprint density at radius 1 is 1.75 bits per heavy atom. The molecule has 1 nitrogen and oxygen atoms in total. The van der Waals surface area contributed by atoms with E-state index >= 15 is 0 Å². The SMILES string of the molecule is O=C(Cl)[C@@H]1C=CCC1. The van der Waals surface area contributed by atoms with E-state index in [1.807, 2.05) is 12.2 Å². The van der Waals surface area contributed by atoms with E-state index in [9.17, 15) is 4.79 Å². The molecule has 0 N–H and O–H groups in total. The van der Waals surface area contributed by atoms with Crippen LogP contribution < -0.4 is 0 Å². The summed E-state index contributed by atoms with van der Waals surface area (Å²) < 4.78 is 0. The van der Waals surface area contributed by atoms with Gasteiger partial charge in [0.25, 0.3) is 0 Å². The van der Waals surface area contributed by atoms with Crippen LogP contribution in [-0.2, 0) is 4.79 Å². The molecule has 0 radical (unpaired) electrons. The molecule has 1 aliphatic carbocycles. The molecule has 1 rings (SSSR count). The Morgan fingerprint density at radius 3 is 2.75 bits per heavy atom. The molecule has 1 atom stereocenters. The van der Waals surface area contributed by atoms with Gasteiger partial charge < -0.3 is 0 Å². The van der Waals surface area contributed by atoms with E-state index in [1.165, 1.54) is 0 Å². The largest absolute Gasteiger partial charge is 0.281 e. The summed E-state index contributed by atoms with van der Waals surface area (Å²) in [4.78, 5) is 10.4. The third kappa shape index (κ3) is 1.10. The van der Waals surface area contributed by atoms with Crippen molar-refractivity contribution in [1.29, 1.82) is 0 Å². The van der Waals surface area contributed by atoms with Crippen molar-refractivity contribution in [3.8, 4) is 0 Å². The highest BCUT2D eigenvalue weighted by molar-refractivity contribution is 6.64. The van der Waals surface area contributed by atoms with Gasteiger partial charge in [0, 0.05) is 0 Å². The lowest BCUT2D eigenvalue weighted by atomic mass is 10.1. The van der Waals surface area contributed by atoms with Crippen LogP contribution >= 0.6 is 11.6 Å². The molecular weight excluding hydrogens is 124 g/mol. The average molecular weight is 131 g/mol. The summed E-state index contributed by atoms with van der Waals surface area (Å²) >= 11 is 5.19. The maximum atomic E-state index is 10.4. The molecule has 0 aliphatic heterocycles. The van der Waals surface area contributed by atoms with Crippen LogP contribution in [-0.4, -0.2) is 5.24 Å². The minimum atomic E-state index is -0.223. The number of carbonyl (C=O) groups excluding carboxylic acids is 1. The smallest absolute Gasteiger partial charge is 0.228 e. The topological polar surface area (TPSA) is 17.1 Å². The Labute approximate surface area is 53.3 Å². The van der Waals surface area contributed by atoms with E-state index < -0.39 is 0 Å². The Morgan fingerprint density at radius 2 is 2.50 bits per heavy atom. The van der Waals surface area contributed by atoms with Crippen LogP contribution in [0.2, 0.25) is 0 Å². The first-order valence-corrected chi connectivity index (χ1v) is 3.04. The summed E-state index contributed by atoms with van der Waals surface area (Å²) in [5.74, 6) is 0.0108. The zero-order valence-electron chi connectivity index (χ0n) is 4.43. The molecule has 0 saturated carbocycles. The number of halogens is 1. The molecule has 0 spiro atoms. The van der Waals surface area contributed by atoms with Gasteiger partial charge in [-0.3, -0.25) is 4.79 Å². The van der Waals surface area contributed by atoms with E-state index in [0.29, 0.717) is 0 Å². The minimum absolute atomic E-state index is 0.0108. The number of hydrogen-bond acceptors (Lipinski definition) is 1. The molecule has 0 aromatic rings. The van der Waals surface area contributed by atoms with Crippen LogP contribution in [0.15, 0.2) is 12.2 Å². The van der Waals surface area contributed by atoms with Crippen LogP contribution in [0, 0.1) is 5.92 Å². The Balaban J connectivity index is 2.48. The summed E-state index contributed by atoms with van der Waals surface area (Å²) in [6, 6.07) is 0. The van der Waals surface area contributed by atoms with Crippen molar-refractivity contribution < 1.29 is 4.79 Å². The van der Waals surface area contributed by atoms with E-state index in [2.05, 4.69) is 0 Å². The standard InChI is InChI=1S/C6H7ClO/c7-6(8)5-3-1-2-4-5/h1,3,5H,2,4H2/t5-/m1/s1. The van der Waals surface area contributed by atoms with Crippen LogP contribution in [0.25, 0.3) is 0 Å². The van der Waals surface area contributed by atoms with E-state index in [-0.39, 0.29) is 11.2 Å². The molecule has 1 aliphatic rings. The predicted octanol–water partition coefficient (Wildman–Crippen LogP) is 1.72. The average Bonchev–Trinajstić information content (AvgIpc) is 2.12. The van der Waals surface area contributed by atoms with Gasteiger partial charge in [-0.05, 0) is 24.4 Å². The first kappa shape index (κ1) is 5.83. The number of carbonyl (C=O) groups is 1. The van der Waals surface area contributed by atoms with E-state index in [0.717, 1.165) is 12.8 Å². The molecule has 0 fully saturated rings. The lowest BCUT2D eigenvalue weighted by Crippen LogP contribution is -1.99. The van der Waals surface area contributed by atoms with E-state index in [4.69, 9.17) is 11.6 Å². The number of hydrogen-bond donors (Lipinski definition) is 0. The summed E-state index contributed by atoms with van der Waals surface area (Å²) in [5.41, 5.74) is 0. The fourth-order valence-corrected chi connectivity index (χ4v) is 1.00. The number of rotatable bonds is 1. The second-order valence-electron chi connectivity index (χ2n) is 1.92. The minimum Gasteiger partial charge on any atom is -0.281 e. The van der Waals surface area contributed by atoms with Gasteiger partial charge in [-0.2, -0.15) is 0 Å². The van der Waals surface area contributed by atoms with Gasteiger partial charge in [0.2, 0.25) is 5.24 Å². The zero-order chi connectivity index (χ0) is 5.98. The Bertz CT molecular complexity index is 128. The van der Waals surface area contributed by atoms with Crippen molar-refractivity contribution in [3.63, 3.8) is 0 Å². The summed E-state index contributed by atoms with van der Waals surface area (Å²) in [6.45, 7) is 0. The highest BCUT2D eigenvalue weighted by Crippen LogP contribution is 2.18. The maximum Gasteiger partial charge on any atom is 0.228 e. The Kier molecular flexibility index (Phi) is 1.69. The van der Waals surface area contributed by atoms with Gasteiger partial charge in [0.15, 0.2) is 0 Å². The van der Waals surface area contributed by atoms with Crippen LogP contribution in [0.1, 0.15) is 12.8 Å². The fraction of sp³-hybridized carbons (Fsp3) is 0.500. The molecule has 0 aromatic carbocycles. The first-order chi connectivity index (χ1) is 3.80. The second-order valence-corrected chi connectivity index (χ2v) is 2.29. The van der Waals surface area contributed by atoms with Crippen molar-refractivity contribution >= 4 is 16.8 Å². The zero-order valence-corrected chi connectivity index (χ0v) is 5.19. The van der Waals surface area contributed by atoms with Gasteiger partial charge in [0.05, 0.1) is 5.92 Å². The molecule has 0 heterocycles. The molecule has 0 amide bonds. The molecule has 44 valence electrons. The van der Waals surface area contributed by atoms with Crippen molar-refractivity contribution in [3.05, 3.63) is 12.2 Å². The van der Waals surface area contributed by atoms with Crippen LogP contribution in [0.4, 0.5) is 0 Å². The van der Waals surface area contributed by atoms with Crippen molar-refractivity contribution in [2.45, 2.75) is 12.8 Å². The first-order valence-electron chi connectivity index (χ1n) is 2.66. The van der Waals surface area contributed by atoms with Gasteiger partial charge in [-0.25, -0.2) is 0 Å². The fourth-order valence-electron chi connectivity index (χ4n) is 0.822. The van der Waals surface area contributed by atoms with Gasteiger partial charge in [-0.1, -0.05) is 12.2 Å². The maximum absolute atomic E-state index is 10.4. The quantitative estimate of drug-likeness (QED) is 0.390. The summed E-state index contributed by atoms with van der Waals surface area (Å²) in [7, 11) is 0. The molecule has 2 heteroatoms. The molecule has 0 aromatic heterocycles.